The molecule has 0 radical (unpaired) electrons. The third-order valence-electron chi connectivity index (χ3n) is 2.68. The molecule has 2 rings (SSSR count). The predicted octanol–water partition coefficient (Wildman–Crippen LogP) is 3.20. The summed E-state index contributed by atoms with van der Waals surface area (Å²) in [6, 6.07) is 1.78. The zero-order valence-corrected chi connectivity index (χ0v) is 15.0. The van der Waals surface area contributed by atoms with Gasteiger partial charge in [-0.2, -0.15) is 0 Å². The Hall–Kier alpha value is -1.55. The lowest BCUT2D eigenvalue weighted by Gasteiger charge is -2.19. The molecule has 6 nitrogen and oxygen atoms in total. The zero-order valence-electron chi connectivity index (χ0n) is 12.6. The largest absolute Gasteiger partial charge is 0.322 e. The number of anilines is 1. The Balaban J connectivity index is 2.03. The van der Waals surface area contributed by atoms with Crippen molar-refractivity contribution < 1.29 is 13.6 Å². The maximum Gasteiger partial charge on any atom is 0.234 e. The van der Waals surface area contributed by atoms with Crippen LogP contribution >= 0.6 is 27.7 Å². The van der Waals surface area contributed by atoms with E-state index in [1.54, 1.807) is 4.68 Å². The molecule has 1 amide bonds. The maximum atomic E-state index is 13.7. The summed E-state index contributed by atoms with van der Waals surface area (Å²) >= 11 is 4.14. The molecule has 124 valence electrons. The van der Waals surface area contributed by atoms with Crippen molar-refractivity contribution >= 4 is 39.3 Å². The molecule has 1 heterocycles. The van der Waals surface area contributed by atoms with Crippen LogP contribution in [0.1, 0.15) is 20.8 Å². The number of thioether (sulfide) groups is 1. The van der Waals surface area contributed by atoms with Crippen molar-refractivity contribution in [2.45, 2.75) is 31.5 Å². The summed E-state index contributed by atoms with van der Waals surface area (Å²) in [7, 11) is 0. The van der Waals surface area contributed by atoms with Crippen LogP contribution in [0.5, 0.6) is 0 Å². The van der Waals surface area contributed by atoms with Crippen molar-refractivity contribution in [3.63, 3.8) is 0 Å². The molecule has 10 heteroatoms. The van der Waals surface area contributed by atoms with Crippen molar-refractivity contribution in [3.05, 3.63) is 28.2 Å². The van der Waals surface area contributed by atoms with E-state index < -0.39 is 17.5 Å². The Bertz CT molecular complexity index is 708. The normalized spacial score (nSPS) is 11.6. The number of carbonyl (C=O) groups is 1. The topological polar surface area (TPSA) is 72.7 Å². The number of hydrogen-bond acceptors (Lipinski definition) is 5. The van der Waals surface area contributed by atoms with E-state index in [1.807, 2.05) is 20.8 Å². The molecule has 0 saturated heterocycles. The van der Waals surface area contributed by atoms with Crippen molar-refractivity contribution in [1.82, 2.24) is 20.2 Å². The summed E-state index contributed by atoms with van der Waals surface area (Å²) in [5.41, 5.74) is -0.429. The molecule has 0 saturated carbocycles. The van der Waals surface area contributed by atoms with Gasteiger partial charge < -0.3 is 5.32 Å². The summed E-state index contributed by atoms with van der Waals surface area (Å²) in [6.07, 6.45) is 0. The third-order valence-corrected chi connectivity index (χ3v) is 4.22. The molecule has 2 aromatic rings. The Kier molecular flexibility index (Phi) is 5.35. The van der Waals surface area contributed by atoms with E-state index in [0.29, 0.717) is 11.2 Å². The lowest BCUT2D eigenvalue weighted by molar-refractivity contribution is -0.113. The fourth-order valence-corrected chi connectivity index (χ4v) is 3.02. The number of tetrazole rings is 1. The van der Waals surface area contributed by atoms with Gasteiger partial charge in [-0.15, -0.1) is 5.10 Å². The monoisotopic (exact) mass is 405 g/mol. The molecule has 0 aliphatic heterocycles. The standard InChI is InChI=1S/C13H14BrF2N5OS/c1-13(2,3)21-12(18-19-20-21)23-6-10(22)17-11-8(14)4-7(15)5-9(11)16/h4-5H,6H2,1-3H3,(H,17,22). The number of aromatic nitrogens is 4. The van der Waals surface area contributed by atoms with Gasteiger partial charge in [0, 0.05) is 10.5 Å². The van der Waals surface area contributed by atoms with Gasteiger partial charge >= 0.3 is 0 Å². The molecule has 0 atom stereocenters. The minimum absolute atomic E-state index is 0.0142. The summed E-state index contributed by atoms with van der Waals surface area (Å²) in [4.78, 5) is 12.0. The van der Waals surface area contributed by atoms with Gasteiger partial charge in [-0.05, 0) is 53.2 Å². The Labute approximate surface area is 144 Å². The molecule has 0 unspecified atom stereocenters. The van der Waals surface area contributed by atoms with E-state index in [-0.39, 0.29) is 21.5 Å². The van der Waals surface area contributed by atoms with Gasteiger partial charge in [0.25, 0.3) is 0 Å². The van der Waals surface area contributed by atoms with Gasteiger partial charge in [0.2, 0.25) is 11.1 Å². The highest BCUT2D eigenvalue weighted by Gasteiger charge is 2.21. The lowest BCUT2D eigenvalue weighted by Crippen LogP contribution is -2.24. The van der Waals surface area contributed by atoms with Crippen LogP contribution in [0.25, 0.3) is 0 Å². The summed E-state index contributed by atoms with van der Waals surface area (Å²) in [5, 5.41) is 14.2. The molecule has 1 aromatic heterocycles. The fourth-order valence-electron chi connectivity index (χ4n) is 1.66. The molecule has 0 spiro atoms. The maximum absolute atomic E-state index is 13.7. The SMILES string of the molecule is CC(C)(C)n1nnnc1SCC(=O)Nc1c(F)cc(F)cc1Br. The number of carbonyl (C=O) groups excluding carboxylic acids is 1. The van der Waals surface area contributed by atoms with Crippen LogP contribution in [0.15, 0.2) is 21.8 Å². The fraction of sp³-hybridized carbons (Fsp3) is 0.385. The van der Waals surface area contributed by atoms with Gasteiger partial charge in [-0.1, -0.05) is 11.8 Å². The quantitative estimate of drug-likeness (QED) is 0.790. The van der Waals surface area contributed by atoms with Crippen molar-refractivity contribution in [3.8, 4) is 0 Å². The smallest absolute Gasteiger partial charge is 0.234 e. The Morgan fingerprint density at radius 1 is 1.39 bits per heavy atom. The van der Waals surface area contributed by atoms with Gasteiger partial charge in [0.1, 0.15) is 5.82 Å². The highest BCUT2D eigenvalue weighted by atomic mass is 79.9. The number of nitrogens with zero attached hydrogens (tertiary/aromatic N) is 4. The van der Waals surface area contributed by atoms with Crippen LogP contribution in [-0.2, 0) is 10.3 Å². The van der Waals surface area contributed by atoms with Gasteiger partial charge in [0.05, 0.1) is 17.0 Å². The van der Waals surface area contributed by atoms with Crippen LogP contribution in [0.3, 0.4) is 0 Å². The van der Waals surface area contributed by atoms with Crippen LogP contribution in [0.2, 0.25) is 0 Å². The lowest BCUT2D eigenvalue weighted by atomic mass is 10.1. The van der Waals surface area contributed by atoms with E-state index in [0.717, 1.165) is 17.8 Å². The molecular formula is C13H14BrF2N5OS. The van der Waals surface area contributed by atoms with Gasteiger partial charge in [-0.25, -0.2) is 13.5 Å². The number of amides is 1. The number of hydrogen-bond donors (Lipinski definition) is 1. The highest BCUT2D eigenvalue weighted by molar-refractivity contribution is 9.10. The predicted molar refractivity (Wildman–Crippen MR) is 86.2 cm³/mol. The summed E-state index contributed by atoms with van der Waals surface area (Å²) < 4.78 is 28.4. The molecule has 1 N–H and O–H groups in total. The van der Waals surface area contributed by atoms with Crippen molar-refractivity contribution in [1.29, 1.82) is 0 Å². The molecule has 1 aromatic carbocycles. The minimum atomic E-state index is -0.852. The number of rotatable bonds is 4. The van der Waals surface area contributed by atoms with Crippen LogP contribution < -0.4 is 5.32 Å². The van der Waals surface area contributed by atoms with E-state index in [4.69, 9.17) is 0 Å². The highest BCUT2D eigenvalue weighted by Crippen LogP contribution is 2.27. The average Bonchev–Trinajstić information content (AvgIpc) is 2.89. The molecule has 0 aliphatic rings. The second-order valence-electron chi connectivity index (χ2n) is 5.63. The van der Waals surface area contributed by atoms with Crippen molar-refractivity contribution in [2.24, 2.45) is 0 Å². The molecule has 0 fully saturated rings. The molecule has 23 heavy (non-hydrogen) atoms. The van der Waals surface area contributed by atoms with E-state index in [9.17, 15) is 13.6 Å². The van der Waals surface area contributed by atoms with E-state index >= 15 is 0 Å². The van der Waals surface area contributed by atoms with Crippen molar-refractivity contribution in [2.75, 3.05) is 11.1 Å². The molecule has 0 aliphatic carbocycles. The van der Waals surface area contributed by atoms with Gasteiger partial charge in [0.15, 0.2) is 5.82 Å². The Morgan fingerprint density at radius 2 is 2.09 bits per heavy atom. The number of nitrogens with one attached hydrogen (secondary N) is 1. The first-order chi connectivity index (χ1) is 10.7. The molecular weight excluding hydrogens is 392 g/mol. The first kappa shape index (κ1) is 17.8. The first-order valence-corrected chi connectivity index (χ1v) is 8.32. The van der Waals surface area contributed by atoms with Crippen LogP contribution in [0.4, 0.5) is 14.5 Å². The third kappa shape index (κ3) is 4.47. The van der Waals surface area contributed by atoms with Gasteiger partial charge in [-0.3, -0.25) is 4.79 Å². The average molecular weight is 406 g/mol. The molecule has 0 bridgehead atoms. The summed E-state index contributed by atoms with van der Waals surface area (Å²) in [6.45, 7) is 5.79. The zero-order chi connectivity index (χ0) is 17.2. The number of halogens is 3. The van der Waals surface area contributed by atoms with Crippen LogP contribution in [-0.4, -0.2) is 31.9 Å². The Morgan fingerprint density at radius 3 is 2.70 bits per heavy atom. The second kappa shape index (κ2) is 6.91. The van der Waals surface area contributed by atoms with Crippen LogP contribution in [0, 0.1) is 11.6 Å². The second-order valence-corrected chi connectivity index (χ2v) is 7.42. The number of benzene rings is 1. The first-order valence-electron chi connectivity index (χ1n) is 6.54. The van der Waals surface area contributed by atoms with E-state index in [2.05, 4.69) is 36.8 Å². The summed E-state index contributed by atoms with van der Waals surface area (Å²) in [5.74, 6) is -2.05. The minimum Gasteiger partial charge on any atom is -0.322 e. The van der Waals surface area contributed by atoms with E-state index in [1.165, 1.54) is 0 Å².